The van der Waals surface area contributed by atoms with Crippen LogP contribution in [0.3, 0.4) is 0 Å². The average Bonchev–Trinajstić information content (AvgIpc) is 2.76. The van der Waals surface area contributed by atoms with Crippen molar-refractivity contribution >= 4 is 11.8 Å². The number of likely N-dealkylation sites (tertiary alicyclic amines) is 2. The first-order valence-corrected chi connectivity index (χ1v) is 12.8. The minimum atomic E-state index is 0.0553. The quantitative estimate of drug-likeness (QED) is 0.580. The summed E-state index contributed by atoms with van der Waals surface area (Å²) in [6, 6.07) is 0.583. The maximum absolute atomic E-state index is 13.1. The van der Waals surface area contributed by atoms with E-state index in [0.717, 1.165) is 70.6 Å². The van der Waals surface area contributed by atoms with Crippen molar-refractivity contribution in [3.8, 4) is 0 Å². The van der Waals surface area contributed by atoms with Crippen molar-refractivity contribution in [3.63, 3.8) is 0 Å². The number of fused-ring (bicyclic) bond motifs is 1. The number of carbonyl (C=O) groups excluding carboxylic acids is 2. The third-order valence-electron chi connectivity index (χ3n) is 7.35. The number of ketones is 1. The van der Waals surface area contributed by atoms with E-state index in [1.165, 1.54) is 19.3 Å². The standard InChI is InChI=1S/C25H45N5O2/c1-5-10-30-19-22(15-20-17-24(31)21(16-23(20)30)18-27(3)4)26-25(32)29(6-2)14-13-28-11-8-7-9-12-28/h18,20,22-23H,5-17,19H2,1-4H3,(H,26,32)/t20-,22+,23-/m1/s1. The molecule has 2 amide bonds. The molecule has 0 unspecified atom stereocenters. The molecule has 1 aliphatic carbocycles. The Morgan fingerprint density at radius 2 is 1.88 bits per heavy atom. The van der Waals surface area contributed by atoms with Crippen LogP contribution in [0.2, 0.25) is 0 Å². The van der Waals surface area contributed by atoms with Crippen molar-refractivity contribution in [3.05, 3.63) is 11.8 Å². The molecule has 1 N–H and O–H groups in total. The van der Waals surface area contributed by atoms with Gasteiger partial charge < -0.3 is 20.0 Å². The summed E-state index contributed by atoms with van der Waals surface area (Å²) in [5.74, 6) is 0.607. The van der Waals surface area contributed by atoms with Crippen LogP contribution in [0.4, 0.5) is 4.79 Å². The van der Waals surface area contributed by atoms with Gasteiger partial charge in [0.2, 0.25) is 0 Å². The maximum atomic E-state index is 13.1. The van der Waals surface area contributed by atoms with E-state index in [9.17, 15) is 9.59 Å². The molecule has 3 aliphatic rings. The normalized spacial score (nSPS) is 28.4. The number of hydrogen-bond donors (Lipinski definition) is 1. The molecule has 2 heterocycles. The van der Waals surface area contributed by atoms with Gasteiger partial charge in [-0.25, -0.2) is 4.79 Å². The lowest BCUT2D eigenvalue weighted by Gasteiger charge is -2.47. The number of hydrogen-bond acceptors (Lipinski definition) is 5. The molecule has 1 saturated carbocycles. The molecule has 0 aromatic heterocycles. The van der Waals surface area contributed by atoms with E-state index in [4.69, 9.17) is 0 Å². The Bertz CT molecular complexity index is 659. The molecule has 2 aliphatic heterocycles. The topological polar surface area (TPSA) is 59.1 Å². The van der Waals surface area contributed by atoms with Gasteiger partial charge in [0.25, 0.3) is 0 Å². The first-order chi connectivity index (χ1) is 15.4. The van der Waals surface area contributed by atoms with Gasteiger partial charge in [0.05, 0.1) is 0 Å². The Morgan fingerprint density at radius 1 is 1.12 bits per heavy atom. The largest absolute Gasteiger partial charge is 0.383 e. The van der Waals surface area contributed by atoms with E-state index in [1.807, 2.05) is 30.1 Å². The highest BCUT2D eigenvalue weighted by atomic mass is 16.2. The zero-order valence-corrected chi connectivity index (χ0v) is 20.8. The molecule has 7 heteroatoms. The third-order valence-corrected chi connectivity index (χ3v) is 7.35. The van der Waals surface area contributed by atoms with E-state index < -0.39 is 0 Å². The fourth-order valence-corrected chi connectivity index (χ4v) is 5.74. The zero-order chi connectivity index (χ0) is 23.1. The van der Waals surface area contributed by atoms with E-state index >= 15 is 0 Å². The van der Waals surface area contributed by atoms with Gasteiger partial charge in [0.15, 0.2) is 5.78 Å². The second kappa shape index (κ2) is 12.0. The number of carbonyl (C=O) groups is 2. The summed E-state index contributed by atoms with van der Waals surface area (Å²) in [6.45, 7) is 11.0. The van der Waals surface area contributed by atoms with E-state index in [2.05, 4.69) is 29.0 Å². The van der Waals surface area contributed by atoms with Crippen LogP contribution in [0.15, 0.2) is 11.8 Å². The van der Waals surface area contributed by atoms with Crippen LogP contribution < -0.4 is 5.32 Å². The molecule has 3 atom stereocenters. The molecule has 0 bridgehead atoms. The summed E-state index contributed by atoms with van der Waals surface area (Å²) < 4.78 is 0. The predicted octanol–water partition coefficient (Wildman–Crippen LogP) is 2.78. The lowest BCUT2D eigenvalue weighted by molar-refractivity contribution is -0.119. The van der Waals surface area contributed by atoms with Gasteiger partial charge in [-0.15, -0.1) is 0 Å². The van der Waals surface area contributed by atoms with Crippen LogP contribution in [-0.2, 0) is 4.79 Å². The molecule has 0 aromatic carbocycles. The van der Waals surface area contributed by atoms with Gasteiger partial charge in [-0.1, -0.05) is 13.3 Å². The second-order valence-corrected chi connectivity index (χ2v) is 10.1. The summed E-state index contributed by atoms with van der Waals surface area (Å²) in [4.78, 5) is 34.8. The van der Waals surface area contributed by atoms with Crippen LogP contribution in [0, 0.1) is 5.92 Å². The molecule has 3 rings (SSSR count). The first-order valence-electron chi connectivity index (χ1n) is 12.8. The highest BCUT2D eigenvalue weighted by Gasteiger charge is 2.41. The summed E-state index contributed by atoms with van der Waals surface area (Å²) in [5, 5.41) is 3.33. The molecule has 2 saturated heterocycles. The highest BCUT2D eigenvalue weighted by molar-refractivity contribution is 5.96. The number of nitrogens with one attached hydrogen (secondary N) is 1. The average molecular weight is 448 g/mol. The fourth-order valence-electron chi connectivity index (χ4n) is 5.74. The van der Waals surface area contributed by atoms with Crippen molar-refractivity contribution in [2.75, 3.05) is 59.9 Å². The van der Waals surface area contributed by atoms with Crippen LogP contribution in [-0.4, -0.2) is 103 Å². The molecular weight excluding hydrogens is 402 g/mol. The molecule has 182 valence electrons. The molecule has 7 nitrogen and oxygen atoms in total. The van der Waals surface area contributed by atoms with Gasteiger partial charge in [0, 0.05) is 70.6 Å². The summed E-state index contributed by atoms with van der Waals surface area (Å²) >= 11 is 0. The van der Waals surface area contributed by atoms with Crippen LogP contribution in [0.25, 0.3) is 0 Å². The van der Waals surface area contributed by atoms with Gasteiger partial charge in [-0.05, 0) is 64.6 Å². The highest BCUT2D eigenvalue weighted by Crippen LogP contribution is 2.36. The van der Waals surface area contributed by atoms with Gasteiger partial charge in [-0.2, -0.15) is 0 Å². The number of likely N-dealkylation sites (N-methyl/N-ethyl adjacent to an activating group) is 1. The molecule has 0 radical (unpaired) electrons. The maximum Gasteiger partial charge on any atom is 0.317 e. The van der Waals surface area contributed by atoms with Gasteiger partial charge >= 0.3 is 6.03 Å². The van der Waals surface area contributed by atoms with Crippen LogP contribution in [0.1, 0.15) is 58.8 Å². The Labute approximate surface area is 195 Å². The first kappa shape index (κ1) is 25.0. The molecular formula is C25H45N5O2. The zero-order valence-electron chi connectivity index (χ0n) is 20.8. The molecule has 0 spiro atoms. The minimum Gasteiger partial charge on any atom is -0.383 e. The molecule has 32 heavy (non-hydrogen) atoms. The number of rotatable bonds is 8. The predicted molar refractivity (Wildman–Crippen MR) is 130 cm³/mol. The monoisotopic (exact) mass is 447 g/mol. The Hall–Kier alpha value is -1.60. The SMILES string of the molecule is CCCN1C[C@@H](NC(=O)N(CC)CCN2CCCCC2)C[C@@H]2CC(=O)C(=CN(C)C)C[C@H]21. The summed E-state index contributed by atoms with van der Waals surface area (Å²) in [5.41, 5.74) is 0.953. The lowest BCUT2D eigenvalue weighted by atomic mass is 9.74. The second-order valence-electron chi connectivity index (χ2n) is 10.1. The van der Waals surface area contributed by atoms with Gasteiger partial charge in [-0.3, -0.25) is 9.69 Å². The molecule has 3 fully saturated rings. The van der Waals surface area contributed by atoms with Crippen molar-refractivity contribution in [2.45, 2.75) is 70.9 Å². The van der Waals surface area contributed by atoms with Crippen molar-refractivity contribution < 1.29 is 9.59 Å². The Morgan fingerprint density at radius 3 is 2.53 bits per heavy atom. The summed E-state index contributed by atoms with van der Waals surface area (Å²) in [6.07, 6.45) is 9.31. The number of amides is 2. The van der Waals surface area contributed by atoms with Crippen molar-refractivity contribution in [1.82, 2.24) is 24.9 Å². The van der Waals surface area contributed by atoms with Crippen LogP contribution in [0.5, 0.6) is 0 Å². The smallest absolute Gasteiger partial charge is 0.317 e. The fraction of sp³-hybridized carbons (Fsp3) is 0.840. The van der Waals surface area contributed by atoms with Crippen LogP contribution >= 0.6 is 0 Å². The third kappa shape index (κ3) is 6.70. The number of piperidine rings is 2. The number of nitrogens with zero attached hydrogens (tertiary/aromatic N) is 4. The van der Waals surface area contributed by atoms with E-state index in [-0.39, 0.29) is 17.9 Å². The Balaban J connectivity index is 1.58. The van der Waals surface area contributed by atoms with E-state index in [1.54, 1.807) is 0 Å². The van der Waals surface area contributed by atoms with E-state index in [0.29, 0.717) is 18.4 Å². The minimum absolute atomic E-state index is 0.0553. The lowest BCUT2D eigenvalue weighted by Crippen LogP contribution is -2.59. The number of urea groups is 1. The van der Waals surface area contributed by atoms with Gasteiger partial charge in [0.1, 0.15) is 0 Å². The summed E-state index contributed by atoms with van der Waals surface area (Å²) in [7, 11) is 3.96. The number of Topliss-reactive ketones (excluding diaryl/α,β-unsaturated/α-hetero) is 1. The van der Waals surface area contributed by atoms with Crippen molar-refractivity contribution in [2.24, 2.45) is 5.92 Å². The molecule has 0 aromatic rings. The Kier molecular flexibility index (Phi) is 9.41. The van der Waals surface area contributed by atoms with Crippen molar-refractivity contribution in [1.29, 1.82) is 0 Å².